The molecule has 37 heavy (non-hydrogen) atoms. The van der Waals surface area contributed by atoms with Crippen molar-refractivity contribution in [2.45, 2.75) is 32.2 Å². The summed E-state index contributed by atoms with van der Waals surface area (Å²) in [5, 5.41) is 6.15. The van der Waals surface area contributed by atoms with Crippen molar-refractivity contribution in [1.29, 1.82) is 0 Å². The highest BCUT2D eigenvalue weighted by molar-refractivity contribution is 5.92. The number of aryl methyl sites for hydroxylation is 1. The van der Waals surface area contributed by atoms with Crippen molar-refractivity contribution in [2.24, 2.45) is 0 Å². The minimum absolute atomic E-state index is 0.0226. The number of fused-ring (bicyclic) bond motifs is 1. The van der Waals surface area contributed by atoms with E-state index in [1.165, 1.54) is 5.01 Å². The SMILES string of the molecule is Cc1cccc(CN2C[C@H]3N(C(=O)CN3N(C)C(=O)NCc3ccccc3)[C@@H](c3ccccc3)C2=O)c1. The van der Waals surface area contributed by atoms with Crippen LogP contribution < -0.4 is 5.32 Å². The third-order valence-corrected chi connectivity index (χ3v) is 6.99. The molecule has 5 rings (SSSR count). The molecule has 0 radical (unpaired) electrons. The zero-order chi connectivity index (χ0) is 25.9. The maximum Gasteiger partial charge on any atom is 0.332 e. The minimum Gasteiger partial charge on any atom is -0.333 e. The Kier molecular flexibility index (Phi) is 6.92. The van der Waals surface area contributed by atoms with Gasteiger partial charge in [0, 0.05) is 20.1 Å². The Hall–Kier alpha value is -4.17. The number of nitrogens with zero attached hydrogens (tertiary/aromatic N) is 4. The van der Waals surface area contributed by atoms with Gasteiger partial charge in [0.25, 0.3) is 5.91 Å². The van der Waals surface area contributed by atoms with Gasteiger partial charge in [0.05, 0.1) is 13.1 Å². The lowest BCUT2D eigenvalue weighted by atomic mass is 10.00. The van der Waals surface area contributed by atoms with E-state index in [1.807, 2.05) is 85.8 Å². The zero-order valence-corrected chi connectivity index (χ0v) is 21.1. The molecule has 2 aliphatic rings. The van der Waals surface area contributed by atoms with Crippen molar-refractivity contribution < 1.29 is 14.4 Å². The number of rotatable bonds is 6. The number of carbonyl (C=O) groups is 3. The van der Waals surface area contributed by atoms with Crippen LogP contribution in [0.2, 0.25) is 0 Å². The molecule has 1 N–H and O–H groups in total. The van der Waals surface area contributed by atoms with Gasteiger partial charge in [-0.3, -0.25) is 14.6 Å². The van der Waals surface area contributed by atoms with Crippen LogP contribution in [0.25, 0.3) is 0 Å². The van der Waals surface area contributed by atoms with E-state index in [2.05, 4.69) is 11.4 Å². The van der Waals surface area contributed by atoms with Crippen molar-refractivity contribution in [3.05, 3.63) is 107 Å². The van der Waals surface area contributed by atoms with Crippen LogP contribution in [0.3, 0.4) is 0 Å². The summed E-state index contributed by atoms with van der Waals surface area (Å²) in [6.07, 6.45) is -0.465. The van der Waals surface area contributed by atoms with Crippen molar-refractivity contribution in [2.75, 3.05) is 20.1 Å². The van der Waals surface area contributed by atoms with E-state index in [0.29, 0.717) is 19.6 Å². The van der Waals surface area contributed by atoms with Crippen LogP contribution in [0.4, 0.5) is 4.79 Å². The highest BCUT2D eigenvalue weighted by Gasteiger charge is 2.52. The van der Waals surface area contributed by atoms with Crippen LogP contribution in [0.1, 0.15) is 28.3 Å². The van der Waals surface area contributed by atoms with E-state index in [9.17, 15) is 14.4 Å². The van der Waals surface area contributed by atoms with Gasteiger partial charge >= 0.3 is 6.03 Å². The zero-order valence-electron chi connectivity index (χ0n) is 21.1. The molecule has 0 spiro atoms. The maximum atomic E-state index is 13.8. The molecular formula is C29H31N5O3. The molecular weight excluding hydrogens is 466 g/mol. The standard InChI is InChI=1S/C29H31N5O3/c1-21-10-9-13-23(16-21)18-32-19-25-33(31(2)29(37)30-17-22-11-5-3-6-12-22)20-26(35)34(25)27(28(32)36)24-14-7-4-8-15-24/h3-16,25,27H,17-20H2,1-2H3,(H,30,37)/t25-,27+/m1/s1. The molecule has 2 atom stereocenters. The molecule has 3 aromatic carbocycles. The number of urea groups is 1. The lowest BCUT2D eigenvalue weighted by molar-refractivity contribution is -0.157. The summed E-state index contributed by atoms with van der Waals surface area (Å²) in [6, 6.07) is 26.1. The summed E-state index contributed by atoms with van der Waals surface area (Å²) in [4.78, 5) is 43.6. The Labute approximate surface area is 217 Å². The fraction of sp³-hybridized carbons (Fsp3) is 0.276. The van der Waals surface area contributed by atoms with Gasteiger partial charge in [-0.1, -0.05) is 90.5 Å². The van der Waals surface area contributed by atoms with Gasteiger partial charge in [-0.2, -0.15) is 5.01 Å². The minimum atomic E-state index is -0.747. The van der Waals surface area contributed by atoms with Crippen molar-refractivity contribution in [3.63, 3.8) is 0 Å². The Morgan fingerprint density at radius 1 is 0.946 bits per heavy atom. The second-order valence-electron chi connectivity index (χ2n) is 9.57. The summed E-state index contributed by atoms with van der Waals surface area (Å²) in [5.74, 6) is -0.291. The van der Waals surface area contributed by atoms with Crippen molar-refractivity contribution >= 4 is 17.8 Å². The second-order valence-corrected chi connectivity index (χ2v) is 9.57. The second kappa shape index (κ2) is 10.4. The first-order valence-electron chi connectivity index (χ1n) is 12.4. The number of hydrazine groups is 1. The molecule has 2 saturated heterocycles. The largest absolute Gasteiger partial charge is 0.333 e. The highest BCUT2D eigenvalue weighted by Crippen LogP contribution is 2.36. The normalized spacial score (nSPS) is 19.6. The first-order valence-corrected chi connectivity index (χ1v) is 12.4. The van der Waals surface area contributed by atoms with E-state index >= 15 is 0 Å². The number of piperazine rings is 1. The average Bonchev–Trinajstić information content (AvgIpc) is 3.24. The first kappa shape index (κ1) is 24.5. The molecule has 8 nitrogen and oxygen atoms in total. The summed E-state index contributed by atoms with van der Waals surface area (Å²) in [7, 11) is 1.66. The Bertz CT molecular complexity index is 1280. The first-order chi connectivity index (χ1) is 17.9. The topological polar surface area (TPSA) is 76.2 Å². The van der Waals surface area contributed by atoms with Gasteiger partial charge in [-0.25, -0.2) is 4.79 Å². The van der Waals surface area contributed by atoms with Crippen LogP contribution in [0, 0.1) is 6.92 Å². The predicted octanol–water partition coefficient (Wildman–Crippen LogP) is 3.31. The van der Waals surface area contributed by atoms with Crippen molar-refractivity contribution in [1.82, 2.24) is 25.1 Å². The molecule has 2 heterocycles. The molecule has 190 valence electrons. The third kappa shape index (κ3) is 5.06. The molecule has 3 aromatic rings. The summed E-state index contributed by atoms with van der Waals surface area (Å²) in [5.41, 5.74) is 3.90. The number of amides is 4. The quantitative estimate of drug-likeness (QED) is 0.567. The Morgan fingerprint density at radius 3 is 2.32 bits per heavy atom. The molecule has 4 amide bonds. The van der Waals surface area contributed by atoms with Gasteiger partial charge in [0.15, 0.2) is 0 Å². The number of benzene rings is 3. The monoisotopic (exact) mass is 497 g/mol. The Balaban J connectivity index is 1.41. The number of carbonyl (C=O) groups excluding carboxylic acids is 3. The fourth-order valence-electron chi connectivity index (χ4n) is 5.14. The average molecular weight is 498 g/mol. The van der Waals surface area contributed by atoms with Gasteiger partial charge in [-0.15, -0.1) is 0 Å². The van der Waals surface area contributed by atoms with E-state index in [0.717, 1.165) is 22.3 Å². The molecule has 2 fully saturated rings. The van der Waals surface area contributed by atoms with Gasteiger partial charge in [0.2, 0.25) is 5.91 Å². The summed E-state index contributed by atoms with van der Waals surface area (Å²) >= 11 is 0. The predicted molar refractivity (Wildman–Crippen MR) is 140 cm³/mol. The molecule has 0 saturated carbocycles. The van der Waals surface area contributed by atoms with Gasteiger partial charge < -0.3 is 15.1 Å². The Morgan fingerprint density at radius 2 is 1.62 bits per heavy atom. The number of hydrogen-bond acceptors (Lipinski definition) is 4. The van der Waals surface area contributed by atoms with Crippen LogP contribution in [-0.4, -0.2) is 64.0 Å². The van der Waals surface area contributed by atoms with Crippen LogP contribution in [0.5, 0.6) is 0 Å². The van der Waals surface area contributed by atoms with Crippen LogP contribution in [-0.2, 0) is 22.7 Å². The fourth-order valence-corrected chi connectivity index (χ4v) is 5.14. The van der Waals surface area contributed by atoms with E-state index in [1.54, 1.807) is 21.9 Å². The summed E-state index contributed by atoms with van der Waals surface area (Å²) < 4.78 is 0. The lowest BCUT2D eigenvalue weighted by Gasteiger charge is -2.45. The molecule has 0 bridgehead atoms. The third-order valence-electron chi connectivity index (χ3n) is 6.99. The summed E-state index contributed by atoms with van der Waals surface area (Å²) in [6.45, 7) is 3.16. The highest BCUT2D eigenvalue weighted by atomic mass is 16.2. The van der Waals surface area contributed by atoms with Crippen molar-refractivity contribution in [3.8, 4) is 0 Å². The van der Waals surface area contributed by atoms with E-state index in [4.69, 9.17) is 0 Å². The lowest BCUT2D eigenvalue weighted by Crippen LogP contribution is -2.62. The molecule has 2 aliphatic heterocycles. The van der Waals surface area contributed by atoms with Gasteiger partial charge in [0.1, 0.15) is 12.2 Å². The smallest absolute Gasteiger partial charge is 0.332 e. The molecule has 8 heteroatoms. The van der Waals surface area contributed by atoms with Gasteiger partial charge in [-0.05, 0) is 23.6 Å². The molecule has 0 unspecified atom stereocenters. The maximum absolute atomic E-state index is 13.8. The molecule has 0 aliphatic carbocycles. The van der Waals surface area contributed by atoms with E-state index < -0.39 is 12.2 Å². The van der Waals surface area contributed by atoms with E-state index in [-0.39, 0.29) is 24.4 Å². The molecule has 0 aromatic heterocycles. The number of nitrogens with one attached hydrogen (secondary N) is 1. The van der Waals surface area contributed by atoms with Crippen LogP contribution >= 0.6 is 0 Å². The number of hydrogen-bond donors (Lipinski definition) is 1. The van der Waals surface area contributed by atoms with Crippen LogP contribution in [0.15, 0.2) is 84.9 Å².